The number of amides is 1. The quantitative estimate of drug-likeness (QED) is 0.787. The molecule has 1 aliphatic rings. The van der Waals surface area contributed by atoms with Gasteiger partial charge in [-0.2, -0.15) is 10.2 Å². The SMILES string of the molecule is CNC(=O)c1ccn(C2CCCN(Cc3cnn4ccccc34)C2)n1. The summed E-state index contributed by atoms with van der Waals surface area (Å²) >= 11 is 0. The van der Waals surface area contributed by atoms with Gasteiger partial charge in [-0.15, -0.1) is 0 Å². The Morgan fingerprint density at radius 3 is 3.12 bits per heavy atom. The Bertz CT molecular complexity index is 882. The van der Waals surface area contributed by atoms with Crippen LogP contribution in [0.5, 0.6) is 0 Å². The van der Waals surface area contributed by atoms with Crippen LogP contribution in [0, 0.1) is 0 Å². The van der Waals surface area contributed by atoms with E-state index in [1.54, 1.807) is 13.1 Å². The molecule has 3 aromatic heterocycles. The molecule has 7 heteroatoms. The standard InChI is InChI=1S/C18H22N6O/c1-19-18(25)16-7-10-23(21-16)15-5-4-8-22(13-15)12-14-11-20-24-9-3-2-6-17(14)24/h2-3,6-7,9-11,15H,4-5,8,12-13H2,1H3,(H,19,25). The van der Waals surface area contributed by atoms with Crippen molar-refractivity contribution >= 4 is 11.4 Å². The maximum absolute atomic E-state index is 11.7. The van der Waals surface area contributed by atoms with Crippen molar-refractivity contribution in [2.24, 2.45) is 0 Å². The van der Waals surface area contributed by atoms with Crippen LogP contribution in [0.4, 0.5) is 0 Å². The molecule has 0 aliphatic carbocycles. The van der Waals surface area contributed by atoms with Crippen molar-refractivity contribution in [2.45, 2.75) is 25.4 Å². The zero-order chi connectivity index (χ0) is 17.2. The van der Waals surface area contributed by atoms with E-state index >= 15 is 0 Å². The number of nitrogens with zero attached hydrogens (tertiary/aromatic N) is 5. The number of aromatic nitrogens is 4. The number of rotatable bonds is 4. The van der Waals surface area contributed by atoms with E-state index in [9.17, 15) is 4.79 Å². The highest BCUT2D eigenvalue weighted by Crippen LogP contribution is 2.23. The molecule has 1 amide bonds. The number of pyridine rings is 1. The molecule has 1 fully saturated rings. The third-order valence-corrected chi connectivity index (χ3v) is 4.82. The lowest BCUT2D eigenvalue weighted by molar-refractivity contribution is 0.0955. The number of hydrogen-bond acceptors (Lipinski definition) is 4. The summed E-state index contributed by atoms with van der Waals surface area (Å²) in [5.41, 5.74) is 2.88. The van der Waals surface area contributed by atoms with E-state index in [-0.39, 0.29) is 5.91 Å². The zero-order valence-corrected chi connectivity index (χ0v) is 14.3. The number of likely N-dealkylation sites (tertiary alicyclic amines) is 1. The maximum Gasteiger partial charge on any atom is 0.271 e. The fourth-order valence-electron chi connectivity index (χ4n) is 3.53. The van der Waals surface area contributed by atoms with Gasteiger partial charge in [0.1, 0.15) is 5.69 Å². The van der Waals surface area contributed by atoms with E-state index in [1.807, 2.05) is 39.9 Å². The Morgan fingerprint density at radius 2 is 2.24 bits per heavy atom. The highest BCUT2D eigenvalue weighted by molar-refractivity contribution is 5.91. The predicted molar refractivity (Wildman–Crippen MR) is 94.4 cm³/mol. The second-order valence-corrected chi connectivity index (χ2v) is 6.49. The van der Waals surface area contributed by atoms with Gasteiger partial charge in [0.2, 0.25) is 0 Å². The Hall–Kier alpha value is -2.67. The lowest BCUT2D eigenvalue weighted by atomic mass is 10.1. The highest BCUT2D eigenvalue weighted by atomic mass is 16.1. The lowest BCUT2D eigenvalue weighted by Gasteiger charge is -2.32. The van der Waals surface area contributed by atoms with Gasteiger partial charge in [-0.25, -0.2) is 4.52 Å². The van der Waals surface area contributed by atoms with Crippen LogP contribution in [-0.4, -0.2) is 50.3 Å². The molecule has 1 aliphatic heterocycles. The molecule has 130 valence electrons. The smallest absolute Gasteiger partial charge is 0.271 e. The molecule has 3 aromatic rings. The summed E-state index contributed by atoms with van der Waals surface area (Å²) in [6.07, 6.45) is 8.05. The van der Waals surface area contributed by atoms with Crippen LogP contribution in [0.3, 0.4) is 0 Å². The van der Waals surface area contributed by atoms with Gasteiger partial charge in [0.15, 0.2) is 0 Å². The van der Waals surface area contributed by atoms with Crippen LogP contribution in [-0.2, 0) is 6.54 Å². The molecule has 1 atom stereocenters. The molecule has 1 unspecified atom stereocenters. The molecule has 1 saturated heterocycles. The fraction of sp³-hybridized carbons (Fsp3) is 0.389. The second kappa shape index (κ2) is 6.68. The monoisotopic (exact) mass is 338 g/mol. The first-order valence-corrected chi connectivity index (χ1v) is 8.65. The normalized spacial score (nSPS) is 18.5. The van der Waals surface area contributed by atoms with Crippen LogP contribution in [0.2, 0.25) is 0 Å². The van der Waals surface area contributed by atoms with Gasteiger partial charge in [-0.05, 0) is 37.6 Å². The summed E-state index contributed by atoms with van der Waals surface area (Å²) in [6.45, 7) is 2.89. The van der Waals surface area contributed by atoms with Gasteiger partial charge < -0.3 is 5.32 Å². The van der Waals surface area contributed by atoms with Crippen LogP contribution in [0.1, 0.15) is 34.9 Å². The van der Waals surface area contributed by atoms with Gasteiger partial charge >= 0.3 is 0 Å². The summed E-state index contributed by atoms with van der Waals surface area (Å²) in [7, 11) is 1.62. The number of carbonyl (C=O) groups is 1. The third-order valence-electron chi connectivity index (χ3n) is 4.82. The summed E-state index contributed by atoms with van der Waals surface area (Å²) in [5.74, 6) is -0.141. The molecule has 4 heterocycles. The molecule has 0 aromatic carbocycles. The van der Waals surface area contributed by atoms with Crippen LogP contribution >= 0.6 is 0 Å². The minimum absolute atomic E-state index is 0.141. The molecule has 0 radical (unpaired) electrons. The number of carbonyl (C=O) groups excluding carboxylic acids is 1. The number of piperidine rings is 1. The molecule has 7 nitrogen and oxygen atoms in total. The minimum Gasteiger partial charge on any atom is -0.354 e. The van der Waals surface area contributed by atoms with Crippen LogP contribution < -0.4 is 5.32 Å². The number of fused-ring (bicyclic) bond motifs is 1. The first-order chi connectivity index (χ1) is 12.2. The van der Waals surface area contributed by atoms with Crippen molar-refractivity contribution < 1.29 is 4.79 Å². The molecule has 0 spiro atoms. The molecular formula is C18H22N6O. The Labute approximate surface area is 146 Å². The fourth-order valence-corrected chi connectivity index (χ4v) is 3.53. The van der Waals surface area contributed by atoms with Crippen molar-refractivity contribution in [3.63, 3.8) is 0 Å². The van der Waals surface area contributed by atoms with E-state index < -0.39 is 0 Å². The van der Waals surface area contributed by atoms with Crippen molar-refractivity contribution in [1.29, 1.82) is 0 Å². The Morgan fingerprint density at radius 1 is 1.32 bits per heavy atom. The first kappa shape index (κ1) is 15.8. The van der Waals surface area contributed by atoms with Gasteiger partial charge in [-0.3, -0.25) is 14.4 Å². The average molecular weight is 338 g/mol. The largest absolute Gasteiger partial charge is 0.354 e. The first-order valence-electron chi connectivity index (χ1n) is 8.65. The molecule has 0 saturated carbocycles. The van der Waals surface area contributed by atoms with Crippen molar-refractivity contribution in [3.05, 3.63) is 54.1 Å². The molecule has 0 bridgehead atoms. The second-order valence-electron chi connectivity index (χ2n) is 6.49. The van der Waals surface area contributed by atoms with Crippen LogP contribution in [0.25, 0.3) is 5.52 Å². The van der Waals surface area contributed by atoms with Gasteiger partial charge in [0.25, 0.3) is 5.91 Å². The Kier molecular flexibility index (Phi) is 4.23. The van der Waals surface area contributed by atoms with Gasteiger partial charge in [0, 0.05) is 38.1 Å². The summed E-state index contributed by atoms with van der Waals surface area (Å²) in [4.78, 5) is 14.1. The summed E-state index contributed by atoms with van der Waals surface area (Å²) < 4.78 is 3.85. The lowest BCUT2D eigenvalue weighted by Crippen LogP contribution is -2.36. The average Bonchev–Trinajstić information content (AvgIpc) is 3.29. The van der Waals surface area contributed by atoms with Crippen molar-refractivity contribution in [1.82, 2.24) is 29.6 Å². The number of hydrogen-bond donors (Lipinski definition) is 1. The minimum atomic E-state index is -0.141. The maximum atomic E-state index is 11.7. The molecule has 4 rings (SSSR count). The van der Waals surface area contributed by atoms with Gasteiger partial charge in [0.05, 0.1) is 17.8 Å². The molecular weight excluding hydrogens is 316 g/mol. The van der Waals surface area contributed by atoms with Gasteiger partial charge in [-0.1, -0.05) is 6.07 Å². The van der Waals surface area contributed by atoms with E-state index in [4.69, 9.17) is 0 Å². The Balaban J connectivity index is 1.47. The third kappa shape index (κ3) is 3.15. The number of nitrogens with one attached hydrogen (secondary N) is 1. The van der Waals surface area contributed by atoms with Crippen molar-refractivity contribution in [2.75, 3.05) is 20.1 Å². The topological polar surface area (TPSA) is 67.5 Å². The van der Waals surface area contributed by atoms with Crippen molar-refractivity contribution in [3.8, 4) is 0 Å². The predicted octanol–water partition coefficient (Wildman–Crippen LogP) is 1.73. The van der Waals surface area contributed by atoms with Crippen LogP contribution in [0.15, 0.2) is 42.9 Å². The highest BCUT2D eigenvalue weighted by Gasteiger charge is 2.23. The summed E-state index contributed by atoms with van der Waals surface area (Å²) in [6, 6.07) is 8.22. The molecule has 1 N–H and O–H groups in total. The van der Waals surface area contributed by atoms with E-state index in [0.717, 1.165) is 38.0 Å². The zero-order valence-electron chi connectivity index (χ0n) is 14.3. The van der Waals surface area contributed by atoms with E-state index in [1.165, 1.54) is 5.56 Å². The molecule has 25 heavy (non-hydrogen) atoms. The van der Waals surface area contributed by atoms with E-state index in [2.05, 4.69) is 26.5 Å². The van der Waals surface area contributed by atoms with E-state index in [0.29, 0.717) is 11.7 Å². The summed E-state index contributed by atoms with van der Waals surface area (Å²) in [5, 5.41) is 11.5.